The highest BCUT2D eigenvalue weighted by atomic mass is 16.5. The zero-order chi connectivity index (χ0) is 10.5. The first-order valence-corrected chi connectivity index (χ1v) is 4.56. The van der Waals surface area contributed by atoms with Crippen LogP contribution in [0.4, 0.5) is 6.01 Å². The number of nitrogens with one attached hydrogen (secondary N) is 1. The summed E-state index contributed by atoms with van der Waals surface area (Å²) in [5.41, 5.74) is 0. The highest BCUT2D eigenvalue weighted by Gasteiger charge is 2.04. The maximum atomic E-state index is 5.44. The van der Waals surface area contributed by atoms with Crippen LogP contribution in [0.1, 0.15) is 5.82 Å². The van der Waals surface area contributed by atoms with Gasteiger partial charge >= 0.3 is 6.01 Å². The second kappa shape index (κ2) is 4.45. The van der Waals surface area contributed by atoms with Crippen LogP contribution in [0.15, 0.2) is 34.9 Å². The Morgan fingerprint density at radius 2 is 2.13 bits per heavy atom. The Bertz CT molecular complexity index is 414. The first-order chi connectivity index (χ1) is 7.38. The third-order valence-corrected chi connectivity index (χ3v) is 1.79. The molecule has 0 unspecified atom stereocenters. The van der Waals surface area contributed by atoms with E-state index in [1.165, 1.54) is 0 Å². The van der Waals surface area contributed by atoms with Crippen LogP contribution in [0.25, 0.3) is 0 Å². The van der Waals surface area contributed by atoms with Gasteiger partial charge in [0.25, 0.3) is 0 Å². The second-order valence-corrected chi connectivity index (χ2v) is 2.87. The van der Waals surface area contributed by atoms with Gasteiger partial charge in [-0.2, -0.15) is 4.98 Å². The van der Waals surface area contributed by atoms with Gasteiger partial charge in [0.2, 0.25) is 5.82 Å². The van der Waals surface area contributed by atoms with E-state index in [0.29, 0.717) is 18.4 Å². The van der Waals surface area contributed by atoms with Gasteiger partial charge in [-0.15, -0.1) is 0 Å². The summed E-state index contributed by atoms with van der Waals surface area (Å²) in [6, 6.07) is 9.88. The summed E-state index contributed by atoms with van der Waals surface area (Å²) in [5.74, 6) is 1.30. The number of benzene rings is 1. The van der Waals surface area contributed by atoms with Crippen LogP contribution in [0, 0.1) is 0 Å². The molecule has 0 aliphatic rings. The molecule has 78 valence electrons. The van der Waals surface area contributed by atoms with Crippen LogP contribution in [0.2, 0.25) is 0 Å². The smallest absolute Gasteiger partial charge is 0.321 e. The first-order valence-electron chi connectivity index (χ1n) is 4.56. The maximum Gasteiger partial charge on any atom is 0.321 e. The molecule has 5 heteroatoms. The fourth-order valence-corrected chi connectivity index (χ4v) is 1.08. The Balaban J connectivity index is 1.93. The summed E-state index contributed by atoms with van der Waals surface area (Å²) >= 11 is 0. The van der Waals surface area contributed by atoms with Crippen molar-refractivity contribution in [1.29, 1.82) is 0 Å². The van der Waals surface area contributed by atoms with Crippen LogP contribution in [0.3, 0.4) is 0 Å². The highest BCUT2D eigenvalue weighted by Crippen LogP contribution is 2.10. The van der Waals surface area contributed by atoms with E-state index in [1.54, 1.807) is 7.05 Å². The molecule has 0 bridgehead atoms. The number of para-hydroxylation sites is 1. The van der Waals surface area contributed by atoms with Gasteiger partial charge < -0.3 is 14.6 Å². The number of ether oxygens (including phenoxy) is 1. The molecule has 1 heterocycles. The Morgan fingerprint density at radius 1 is 1.33 bits per heavy atom. The molecule has 2 aromatic rings. The van der Waals surface area contributed by atoms with Crippen molar-refractivity contribution in [2.24, 2.45) is 0 Å². The molecule has 0 aliphatic carbocycles. The van der Waals surface area contributed by atoms with E-state index in [1.807, 2.05) is 30.3 Å². The average Bonchev–Trinajstić information content (AvgIpc) is 2.76. The van der Waals surface area contributed by atoms with Gasteiger partial charge in [-0.25, -0.2) is 0 Å². The minimum absolute atomic E-state index is 0.301. The summed E-state index contributed by atoms with van der Waals surface area (Å²) in [6.45, 7) is 0.301. The Hall–Kier alpha value is -2.04. The molecular formula is C10H11N3O2. The van der Waals surface area contributed by atoms with Crippen LogP contribution < -0.4 is 10.1 Å². The predicted octanol–water partition coefficient (Wildman–Crippen LogP) is 1.69. The van der Waals surface area contributed by atoms with Gasteiger partial charge in [0.1, 0.15) is 5.75 Å². The molecule has 0 aliphatic heterocycles. The van der Waals surface area contributed by atoms with Crippen molar-refractivity contribution in [3.63, 3.8) is 0 Å². The SMILES string of the molecule is CNc1nc(COc2ccccc2)no1. The van der Waals surface area contributed by atoms with Gasteiger partial charge in [0.15, 0.2) is 6.61 Å². The minimum atomic E-state index is 0.301. The number of rotatable bonds is 4. The molecule has 0 amide bonds. The lowest BCUT2D eigenvalue weighted by molar-refractivity contribution is 0.287. The highest BCUT2D eigenvalue weighted by molar-refractivity contribution is 5.21. The normalized spacial score (nSPS) is 9.93. The quantitative estimate of drug-likeness (QED) is 0.823. The van der Waals surface area contributed by atoms with E-state index in [-0.39, 0.29) is 0 Å². The number of hydrogen-bond acceptors (Lipinski definition) is 5. The number of nitrogens with zero attached hydrogens (tertiary/aromatic N) is 2. The third kappa shape index (κ3) is 2.46. The van der Waals surface area contributed by atoms with Crippen molar-refractivity contribution < 1.29 is 9.26 Å². The molecule has 0 fully saturated rings. The lowest BCUT2D eigenvalue weighted by Crippen LogP contribution is -1.97. The van der Waals surface area contributed by atoms with Gasteiger partial charge in [0, 0.05) is 7.05 Å². The second-order valence-electron chi connectivity index (χ2n) is 2.87. The molecule has 2 rings (SSSR count). The molecule has 0 saturated carbocycles. The lowest BCUT2D eigenvalue weighted by Gasteiger charge is -2.01. The number of aromatic nitrogens is 2. The standard InChI is InChI=1S/C10H11N3O2/c1-11-10-12-9(13-15-10)7-14-8-5-3-2-4-6-8/h2-6H,7H2,1H3,(H,11,12,13). The molecule has 0 saturated heterocycles. The summed E-state index contributed by atoms with van der Waals surface area (Å²) in [4.78, 5) is 4.03. The fraction of sp³-hybridized carbons (Fsp3) is 0.200. The maximum absolute atomic E-state index is 5.44. The minimum Gasteiger partial charge on any atom is -0.485 e. The predicted molar refractivity (Wildman–Crippen MR) is 54.6 cm³/mol. The van der Waals surface area contributed by atoms with Crippen molar-refractivity contribution in [1.82, 2.24) is 10.1 Å². The Kier molecular flexibility index (Phi) is 2.82. The molecule has 15 heavy (non-hydrogen) atoms. The summed E-state index contributed by atoms with van der Waals surface area (Å²) < 4.78 is 10.3. The number of hydrogen-bond donors (Lipinski definition) is 1. The first kappa shape index (κ1) is 9.51. The molecule has 5 nitrogen and oxygen atoms in total. The third-order valence-electron chi connectivity index (χ3n) is 1.79. The van der Waals surface area contributed by atoms with Gasteiger partial charge in [-0.3, -0.25) is 0 Å². The molecule has 0 atom stereocenters. The van der Waals surface area contributed by atoms with Crippen LogP contribution >= 0.6 is 0 Å². The Labute approximate surface area is 87.1 Å². The van der Waals surface area contributed by atoms with Gasteiger partial charge in [-0.1, -0.05) is 23.4 Å². The molecule has 0 spiro atoms. The zero-order valence-corrected chi connectivity index (χ0v) is 8.30. The van der Waals surface area contributed by atoms with Gasteiger partial charge in [0.05, 0.1) is 0 Å². The van der Waals surface area contributed by atoms with E-state index in [0.717, 1.165) is 5.75 Å². The van der Waals surface area contributed by atoms with E-state index in [9.17, 15) is 0 Å². The lowest BCUT2D eigenvalue weighted by atomic mass is 10.3. The molecule has 1 aromatic carbocycles. The zero-order valence-electron chi connectivity index (χ0n) is 8.30. The van der Waals surface area contributed by atoms with E-state index < -0.39 is 0 Å². The van der Waals surface area contributed by atoms with Crippen molar-refractivity contribution in [3.8, 4) is 5.75 Å². The molecule has 1 aromatic heterocycles. The molecular weight excluding hydrogens is 194 g/mol. The van der Waals surface area contributed by atoms with E-state index in [2.05, 4.69) is 15.5 Å². The average molecular weight is 205 g/mol. The summed E-state index contributed by atoms with van der Waals surface area (Å²) in [7, 11) is 1.72. The van der Waals surface area contributed by atoms with Crippen molar-refractivity contribution >= 4 is 6.01 Å². The van der Waals surface area contributed by atoms with E-state index in [4.69, 9.17) is 9.26 Å². The molecule has 0 radical (unpaired) electrons. The van der Waals surface area contributed by atoms with Gasteiger partial charge in [-0.05, 0) is 12.1 Å². The van der Waals surface area contributed by atoms with Crippen LogP contribution in [-0.2, 0) is 6.61 Å². The fourth-order valence-electron chi connectivity index (χ4n) is 1.08. The number of anilines is 1. The van der Waals surface area contributed by atoms with Crippen molar-refractivity contribution in [2.75, 3.05) is 12.4 Å². The largest absolute Gasteiger partial charge is 0.485 e. The molecule has 1 N–H and O–H groups in total. The van der Waals surface area contributed by atoms with Crippen LogP contribution in [-0.4, -0.2) is 17.2 Å². The van der Waals surface area contributed by atoms with Crippen LogP contribution in [0.5, 0.6) is 5.75 Å². The summed E-state index contributed by atoms with van der Waals surface area (Å²) in [6.07, 6.45) is 0. The van der Waals surface area contributed by atoms with E-state index >= 15 is 0 Å². The Morgan fingerprint density at radius 3 is 2.80 bits per heavy atom. The van der Waals surface area contributed by atoms with Crippen molar-refractivity contribution in [2.45, 2.75) is 6.61 Å². The topological polar surface area (TPSA) is 60.2 Å². The monoisotopic (exact) mass is 205 g/mol. The van der Waals surface area contributed by atoms with Crippen molar-refractivity contribution in [3.05, 3.63) is 36.2 Å². The summed E-state index contributed by atoms with van der Waals surface area (Å²) in [5, 5.41) is 6.48.